The van der Waals surface area contributed by atoms with Crippen LogP contribution in [0.15, 0.2) is 85.0 Å². The van der Waals surface area contributed by atoms with Gasteiger partial charge in [0.1, 0.15) is 0 Å². The fourth-order valence-corrected chi connectivity index (χ4v) is 2.38. The van der Waals surface area contributed by atoms with Gasteiger partial charge < -0.3 is 0 Å². The van der Waals surface area contributed by atoms with E-state index in [9.17, 15) is 0 Å². The summed E-state index contributed by atoms with van der Waals surface area (Å²) in [5.41, 5.74) is 4.98. The van der Waals surface area contributed by atoms with Gasteiger partial charge in [-0.25, -0.2) is 0 Å². The van der Waals surface area contributed by atoms with E-state index in [1.54, 1.807) is 0 Å². The van der Waals surface area contributed by atoms with E-state index in [-0.39, 0.29) is 0 Å². The van der Waals surface area contributed by atoms with Gasteiger partial charge >= 0.3 is 0 Å². The normalized spacial score (nSPS) is 19.0. The van der Waals surface area contributed by atoms with Crippen LogP contribution < -0.4 is 0 Å². The zero-order chi connectivity index (χ0) is 15.8. The third kappa shape index (κ3) is 4.33. The zero-order valence-electron chi connectivity index (χ0n) is 13.7. The van der Waals surface area contributed by atoms with Crippen molar-refractivity contribution in [2.45, 2.75) is 20.8 Å². The third-order valence-corrected chi connectivity index (χ3v) is 3.64. The van der Waals surface area contributed by atoms with Gasteiger partial charge in [-0.3, -0.25) is 0 Å². The van der Waals surface area contributed by atoms with Gasteiger partial charge in [0, 0.05) is 0 Å². The lowest BCUT2D eigenvalue weighted by Crippen LogP contribution is -1.85. The van der Waals surface area contributed by atoms with Crippen molar-refractivity contribution in [2.75, 3.05) is 0 Å². The van der Waals surface area contributed by atoms with Crippen molar-refractivity contribution < 1.29 is 0 Å². The number of hydrogen-bond donors (Lipinski definition) is 0. The van der Waals surface area contributed by atoms with Crippen LogP contribution in [0.4, 0.5) is 0 Å². The molecular weight excluding hydrogens is 264 g/mol. The van der Waals surface area contributed by atoms with Crippen molar-refractivity contribution in [1.82, 2.24) is 0 Å². The number of allylic oxidation sites excluding steroid dienone is 12. The minimum Gasteiger partial charge on any atom is -0.0876 e. The predicted octanol–water partition coefficient (Wildman–Crippen LogP) is 6.37. The van der Waals surface area contributed by atoms with E-state index in [1.807, 2.05) is 19.9 Å². The Balaban J connectivity index is 2.28. The van der Waals surface area contributed by atoms with Gasteiger partial charge in [0.15, 0.2) is 0 Å². The molecule has 0 bridgehead atoms. The van der Waals surface area contributed by atoms with Gasteiger partial charge in [-0.1, -0.05) is 91.9 Å². The monoisotopic (exact) mass is 288 g/mol. The molecule has 112 valence electrons. The molecular formula is C22H24. The quantitative estimate of drug-likeness (QED) is 0.565. The summed E-state index contributed by atoms with van der Waals surface area (Å²) in [5, 5.41) is 0. The standard InChI is InChI=1S/C22H24/c1-4-6-10-19(8-5-2)21-14-16-22(17-15-21)20-11-7-9-18(3)12-13-20/h4-18H,1-3H3/b6-4-,8-5-,19-10+. The topological polar surface area (TPSA) is 0 Å². The molecule has 2 rings (SSSR count). The predicted molar refractivity (Wildman–Crippen MR) is 99.5 cm³/mol. The van der Waals surface area contributed by atoms with E-state index in [0.717, 1.165) is 0 Å². The van der Waals surface area contributed by atoms with E-state index in [1.165, 1.54) is 22.3 Å². The lowest BCUT2D eigenvalue weighted by atomic mass is 9.99. The van der Waals surface area contributed by atoms with Crippen LogP contribution in [0.1, 0.15) is 31.9 Å². The van der Waals surface area contributed by atoms with Gasteiger partial charge in [0.25, 0.3) is 0 Å². The van der Waals surface area contributed by atoms with Crippen LogP contribution in [0, 0.1) is 5.92 Å². The minimum atomic E-state index is 0.498. The Morgan fingerprint density at radius 2 is 1.77 bits per heavy atom. The molecule has 0 aromatic heterocycles. The van der Waals surface area contributed by atoms with Crippen LogP contribution >= 0.6 is 0 Å². The van der Waals surface area contributed by atoms with Gasteiger partial charge in [-0.15, -0.1) is 0 Å². The third-order valence-electron chi connectivity index (χ3n) is 3.64. The van der Waals surface area contributed by atoms with Gasteiger partial charge in [-0.05, 0) is 42.0 Å². The van der Waals surface area contributed by atoms with Crippen molar-refractivity contribution in [2.24, 2.45) is 5.92 Å². The molecule has 0 nitrogen and oxygen atoms in total. The first-order chi connectivity index (χ1) is 10.7. The average molecular weight is 288 g/mol. The molecule has 1 unspecified atom stereocenters. The van der Waals surface area contributed by atoms with E-state index >= 15 is 0 Å². The Labute approximate surface area is 134 Å². The summed E-state index contributed by atoms with van der Waals surface area (Å²) in [6.07, 6.45) is 21.5. The molecule has 0 radical (unpaired) electrons. The highest BCUT2D eigenvalue weighted by atomic mass is 14.1. The van der Waals surface area contributed by atoms with Crippen molar-refractivity contribution in [1.29, 1.82) is 0 Å². The molecule has 0 heteroatoms. The summed E-state index contributed by atoms with van der Waals surface area (Å²) in [4.78, 5) is 0. The maximum Gasteiger partial charge on any atom is -0.00754 e. The van der Waals surface area contributed by atoms with E-state index < -0.39 is 0 Å². The van der Waals surface area contributed by atoms with Crippen LogP contribution in [0.25, 0.3) is 11.1 Å². The van der Waals surface area contributed by atoms with E-state index in [2.05, 4.69) is 85.9 Å². The highest BCUT2D eigenvalue weighted by molar-refractivity contribution is 5.79. The lowest BCUT2D eigenvalue weighted by molar-refractivity contribution is 0.943. The first kappa shape index (κ1) is 16.0. The van der Waals surface area contributed by atoms with Crippen LogP contribution in [0.2, 0.25) is 0 Å². The van der Waals surface area contributed by atoms with E-state index in [0.29, 0.717) is 5.92 Å². The molecule has 1 aromatic rings. The fraction of sp³-hybridized carbons (Fsp3) is 0.182. The average Bonchev–Trinajstić information content (AvgIpc) is 2.76. The molecule has 1 aliphatic rings. The van der Waals surface area contributed by atoms with Crippen LogP contribution in [-0.2, 0) is 0 Å². The van der Waals surface area contributed by atoms with Gasteiger partial charge in [0.05, 0.1) is 0 Å². The molecule has 0 saturated heterocycles. The molecule has 0 amide bonds. The molecule has 1 aliphatic carbocycles. The molecule has 22 heavy (non-hydrogen) atoms. The van der Waals surface area contributed by atoms with Gasteiger partial charge in [-0.2, -0.15) is 0 Å². The fourth-order valence-electron chi connectivity index (χ4n) is 2.38. The molecule has 0 aliphatic heterocycles. The summed E-state index contributed by atoms with van der Waals surface area (Å²) in [5.74, 6) is 0.498. The molecule has 0 saturated carbocycles. The second-order valence-corrected chi connectivity index (χ2v) is 5.45. The highest BCUT2D eigenvalue weighted by Gasteiger charge is 2.02. The van der Waals surface area contributed by atoms with Crippen LogP contribution in [0.5, 0.6) is 0 Å². The summed E-state index contributed by atoms with van der Waals surface area (Å²) in [6.45, 7) is 6.28. The molecule has 1 atom stereocenters. The zero-order valence-corrected chi connectivity index (χ0v) is 13.7. The van der Waals surface area contributed by atoms with Crippen molar-refractivity contribution in [3.8, 4) is 0 Å². The largest absolute Gasteiger partial charge is 0.0876 e. The number of benzene rings is 1. The highest BCUT2D eigenvalue weighted by Crippen LogP contribution is 2.23. The van der Waals surface area contributed by atoms with Crippen LogP contribution in [0.3, 0.4) is 0 Å². The Hall–Kier alpha value is -2.34. The van der Waals surface area contributed by atoms with E-state index in [4.69, 9.17) is 0 Å². The Bertz CT molecular complexity index is 658. The first-order valence-electron chi connectivity index (χ1n) is 7.87. The van der Waals surface area contributed by atoms with Crippen molar-refractivity contribution >= 4 is 11.1 Å². The lowest BCUT2D eigenvalue weighted by Gasteiger charge is -2.06. The molecule has 0 spiro atoms. The second kappa shape index (κ2) is 8.19. The summed E-state index contributed by atoms with van der Waals surface area (Å²) in [6, 6.07) is 8.78. The first-order valence-corrected chi connectivity index (χ1v) is 7.87. The maximum absolute atomic E-state index is 2.24. The van der Waals surface area contributed by atoms with Crippen molar-refractivity contribution in [3.63, 3.8) is 0 Å². The van der Waals surface area contributed by atoms with Gasteiger partial charge in [0.2, 0.25) is 0 Å². The molecule has 0 N–H and O–H groups in total. The second-order valence-electron chi connectivity index (χ2n) is 5.45. The maximum atomic E-state index is 2.24. The number of rotatable bonds is 4. The van der Waals surface area contributed by atoms with Crippen molar-refractivity contribution in [3.05, 3.63) is 96.2 Å². The van der Waals surface area contributed by atoms with Crippen LogP contribution in [-0.4, -0.2) is 0 Å². The summed E-state index contributed by atoms with van der Waals surface area (Å²) in [7, 11) is 0. The Morgan fingerprint density at radius 3 is 2.45 bits per heavy atom. The summed E-state index contributed by atoms with van der Waals surface area (Å²) < 4.78 is 0. The molecule has 1 aromatic carbocycles. The SMILES string of the molecule is C\C=C/C=C(\C=C/C)c1ccc(C2=CC=CC(C)C=C2)cc1. The molecule has 0 heterocycles. The Kier molecular flexibility index (Phi) is 5.97. The summed E-state index contributed by atoms with van der Waals surface area (Å²) >= 11 is 0. The smallest absolute Gasteiger partial charge is 0.00754 e. The number of hydrogen-bond acceptors (Lipinski definition) is 0. The molecule has 0 fully saturated rings. The Morgan fingerprint density at radius 1 is 1.00 bits per heavy atom. The minimum absolute atomic E-state index is 0.498.